The van der Waals surface area contributed by atoms with Gasteiger partial charge in [-0.25, -0.2) is 0 Å². The van der Waals surface area contributed by atoms with E-state index in [1.807, 2.05) is 0 Å². The Balaban J connectivity index is -0.000000320. The normalized spacial score (nSPS) is 11.2. The van der Waals surface area contributed by atoms with Gasteiger partial charge in [0.15, 0.2) is 0 Å². The third-order valence-electron chi connectivity index (χ3n) is 1.80. The number of hydrogen-bond donors (Lipinski definition) is 1. The summed E-state index contributed by atoms with van der Waals surface area (Å²) in [5.41, 5.74) is 0. The van der Waals surface area contributed by atoms with Crippen LogP contribution >= 0.6 is 0 Å². The summed E-state index contributed by atoms with van der Waals surface area (Å²) in [5, 5.41) is 8.75. The molecule has 0 aliphatic heterocycles. The molecular weight excluding hydrogens is 206 g/mol. The van der Waals surface area contributed by atoms with Crippen molar-refractivity contribution < 1.29 is 34.0 Å². The minimum absolute atomic E-state index is 0. The van der Waals surface area contributed by atoms with E-state index in [1.54, 1.807) is 0 Å². The molecule has 1 N–H and O–H groups in total. The van der Waals surface area contributed by atoms with Crippen molar-refractivity contribution in [3.63, 3.8) is 0 Å². The Morgan fingerprint density at radius 1 is 1.27 bits per heavy atom. The zero-order valence-corrected chi connectivity index (χ0v) is 9.00. The molecule has 0 aliphatic rings. The van der Waals surface area contributed by atoms with Gasteiger partial charge in [0.2, 0.25) is 0 Å². The van der Waals surface area contributed by atoms with Crippen molar-refractivity contribution in [2.24, 2.45) is 5.92 Å². The van der Waals surface area contributed by atoms with Crippen molar-refractivity contribution >= 4 is 0 Å². The molecule has 0 spiro atoms. The maximum atomic E-state index is 8.75. The van der Waals surface area contributed by atoms with E-state index in [0.717, 1.165) is 6.42 Å². The first-order valence-corrected chi connectivity index (χ1v) is 3.96. The molecule has 3 heteroatoms. The Bertz CT molecular complexity index is 58.1. The molecular formula is C8H18ClNiO-. The maximum absolute atomic E-state index is 8.75. The SMILES string of the molecule is CCCCC(CC)CO.[Cl-].[Ni]. The molecule has 0 rings (SSSR count). The van der Waals surface area contributed by atoms with Gasteiger partial charge in [0.25, 0.3) is 0 Å². The molecule has 1 unspecified atom stereocenters. The molecule has 0 bridgehead atoms. The second-order valence-electron chi connectivity index (χ2n) is 2.60. The molecule has 11 heavy (non-hydrogen) atoms. The molecule has 0 saturated heterocycles. The average molecular weight is 224 g/mol. The van der Waals surface area contributed by atoms with Crippen molar-refractivity contribution in [3.8, 4) is 0 Å². The Morgan fingerprint density at radius 2 is 1.82 bits per heavy atom. The van der Waals surface area contributed by atoms with Gasteiger partial charge in [0.1, 0.15) is 0 Å². The number of halogens is 1. The van der Waals surface area contributed by atoms with Gasteiger partial charge in [-0.05, 0) is 12.3 Å². The van der Waals surface area contributed by atoms with Crippen LogP contribution in [0.15, 0.2) is 0 Å². The van der Waals surface area contributed by atoms with E-state index in [0.29, 0.717) is 12.5 Å². The van der Waals surface area contributed by atoms with Crippen molar-refractivity contribution in [2.75, 3.05) is 6.61 Å². The van der Waals surface area contributed by atoms with E-state index in [-0.39, 0.29) is 28.9 Å². The molecule has 0 radical (unpaired) electrons. The quantitative estimate of drug-likeness (QED) is 0.606. The van der Waals surface area contributed by atoms with Crippen LogP contribution in [0.25, 0.3) is 0 Å². The Kier molecular flexibility index (Phi) is 21.5. The van der Waals surface area contributed by atoms with Gasteiger partial charge in [0, 0.05) is 23.1 Å². The number of aliphatic hydroxyl groups is 1. The smallest absolute Gasteiger partial charge is 0.0459 e. The van der Waals surface area contributed by atoms with Gasteiger partial charge in [-0.1, -0.05) is 33.1 Å². The van der Waals surface area contributed by atoms with Gasteiger partial charge < -0.3 is 17.5 Å². The Morgan fingerprint density at radius 3 is 2.09 bits per heavy atom. The van der Waals surface area contributed by atoms with E-state index in [2.05, 4.69) is 13.8 Å². The van der Waals surface area contributed by atoms with Gasteiger partial charge in [-0.15, -0.1) is 0 Å². The summed E-state index contributed by atoms with van der Waals surface area (Å²) in [7, 11) is 0. The Labute approximate surface area is 86.3 Å². The fourth-order valence-electron chi connectivity index (χ4n) is 0.917. The molecule has 74 valence electrons. The fraction of sp³-hybridized carbons (Fsp3) is 1.00. The summed E-state index contributed by atoms with van der Waals surface area (Å²) in [6.45, 7) is 4.69. The fourth-order valence-corrected chi connectivity index (χ4v) is 0.917. The molecule has 0 aliphatic carbocycles. The third kappa shape index (κ3) is 10.7. The summed E-state index contributed by atoms with van der Waals surface area (Å²) in [6.07, 6.45) is 4.83. The predicted molar refractivity (Wildman–Crippen MR) is 40.4 cm³/mol. The first kappa shape index (κ1) is 17.7. The third-order valence-corrected chi connectivity index (χ3v) is 1.80. The van der Waals surface area contributed by atoms with E-state index < -0.39 is 0 Å². The Hall–Kier alpha value is 0.744. The molecule has 0 aromatic rings. The van der Waals surface area contributed by atoms with E-state index in [9.17, 15) is 0 Å². The second-order valence-corrected chi connectivity index (χ2v) is 2.60. The monoisotopic (exact) mass is 223 g/mol. The standard InChI is InChI=1S/C8H18O.ClH.Ni/c1-3-5-6-8(4-2)7-9;;/h8-9H,3-7H2,1-2H3;1H;/p-1. The predicted octanol–water partition coefficient (Wildman–Crippen LogP) is -0.803. The summed E-state index contributed by atoms with van der Waals surface area (Å²) >= 11 is 0. The van der Waals surface area contributed by atoms with Gasteiger partial charge in [-0.2, -0.15) is 0 Å². The van der Waals surface area contributed by atoms with Crippen molar-refractivity contribution in [2.45, 2.75) is 39.5 Å². The van der Waals surface area contributed by atoms with E-state index in [4.69, 9.17) is 5.11 Å². The van der Waals surface area contributed by atoms with Crippen LogP contribution < -0.4 is 12.4 Å². The average Bonchev–Trinajstić information content (AvgIpc) is 1.91. The van der Waals surface area contributed by atoms with Gasteiger partial charge in [0.05, 0.1) is 0 Å². The molecule has 1 nitrogen and oxygen atoms in total. The van der Waals surface area contributed by atoms with E-state index in [1.165, 1.54) is 19.3 Å². The molecule has 1 atom stereocenters. The van der Waals surface area contributed by atoms with Crippen LogP contribution in [0.2, 0.25) is 0 Å². The van der Waals surface area contributed by atoms with Crippen LogP contribution in [-0.4, -0.2) is 11.7 Å². The van der Waals surface area contributed by atoms with Crippen molar-refractivity contribution in [3.05, 3.63) is 0 Å². The van der Waals surface area contributed by atoms with Crippen LogP contribution in [-0.2, 0) is 16.5 Å². The van der Waals surface area contributed by atoms with Crippen molar-refractivity contribution in [1.29, 1.82) is 0 Å². The zero-order chi connectivity index (χ0) is 7.11. The zero-order valence-electron chi connectivity index (χ0n) is 7.25. The van der Waals surface area contributed by atoms with Crippen LogP contribution in [0.5, 0.6) is 0 Å². The molecule has 0 fully saturated rings. The van der Waals surface area contributed by atoms with Crippen LogP contribution in [0, 0.1) is 5.92 Å². The van der Waals surface area contributed by atoms with Crippen LogP contribution in [0.4, 0.5) is 0 Å². The first-order chi connectivity index (χ1) is 4.35. The van der Waals surface area contributed by atoms with Gasteiger partial charge >= 0.3 is 0 Å². The number of aliphatic hydroxyl groups excluding tert-OH is 1. The number of rotatable bonds is 5. The van der Waals surface area contributed by atoms with Gasteiger partial charge in [-0.3, -0.25) is 0 Å². The molecule has 0 aromatic heterocycles. The summed E-state index contributed by atoms with van der Waals surface area (Å²) < 4.78 is 0. The maximum Gasteiger partial charge on any atom is 0.0459 e. The van der Waals surface area contributed by atoms with Crippen LogP contribution in [0.1, 0.15) is 39.5 Å². The van der Waals surface area contributed by atoms with Crippen LogP contribution in [0.3, 0.4) is 0 Å². The molecule has 0 heterocycles. The number of hydrogen-bond acceptors (Lipinski definition) is 1. The number of unbranched alkanes of at least 4 members (excludes halogenated alkanes) is 1. The van der Waals surface area contributed by atoms with Crippen molar-refractivity contribution in [1.82, 2.24) is 0 Å². The molecule has 0 aromatic carbocycles. The molecule has 0 saturated carbocycles. The topological polar surface area (TPSA) is 20.2 Å². The van der Waals surface area contributed by atoms with E-state index >= 15 is 0 Å². The molecule has 0 amide bonds. The minimum Gasteiger partial charge on any atom is -1.00 e. The minimum atomic E-state index is 0. The second kappa shape index (κ2) is 13.3. The summed E-state index contributed by atoms with van der Waals surface area (Å²) in [5.74, 6) is 0.560. The summed E-state index contributed by atoms with van der Waals surface area (Å²) in [6, 6.07) is 0. The largest absolute Gasteiger partial charge is 1.00 e. The summed E-state index contributed by atoms with van der Waals surface area (Å²) in [4.78, 5) is 0. The first-order valence-electron chi connectivity index (χ1n) is 3.96.